The standard InChI is InChI=1S/C18H20FNOS/c19-15-5-6-16-14(9-15)10-17(22-16)18(21)20-8-7-12-3-1-2-4-13(12)11-20/h5-6,9-10,12-13H,1-4,7-8,11H2/t12-,13-/m1/s1. The molecule has 1 aromatic heterocycles. The number of benzene rings is 1. The predicted molar refractivity (Wildman–Crippen MR) is 87.8 cm³/mol. The van der Waals surface area contributed by atoms with Crippen LogP contribution >= 0.6 is 11.3 Å². The summed E-state index contributed by atoms with van der Waals surface area (Å²) < 4.78 is 14.3. The molecule has 1 aromatic carbocycles. The zero-order valence-electron chi connectivity index (χ0n) is 12.6. The lowest BCUT2D eigenvalue weighted by atomic mass is 9.75. The van der Waals surface area contributed by atoms with Crippen molar-refractivity contribution in [1.82, 2.24) is 4.90 Å². The van der Waals surface area contributed by atoms with Crippen molar-refractivity contribution in [3.8, 4) is 0 Å². The number of carbonyl (C=O) groups excluding carboxylic acids is 1. The van der Waals surface area contributed by atoms with Crippen molar-refractivity contribution in [2.75, 3.05) is 13.1 Å². The predicted octanol–water partition coefficient (Wildman–Crippen LogP) is 4.69. The first-order valence-corrected chi connectivity index (χ1v) is 9.01. The van der Waals surface area contributed by atoms with Crippen molar-refractivity contribution in [3.63, 3.8) is 0 Å². The van der Waals surface area contributed by atoms with Crippen LogP contribution in [0.5, 0.6) is 0 Å². The molecule has 1 amide bonds. The number of hydrogen-bond acceptors (Lipinski definition) is 2. The maximum Gasteiger partial charge on any atom is 0.263 e. The largest absolute Gasteiger partial charge is 0.338 e. The van der Waals surface area contributed by atoms with Crippen molar-refractivity contribution in [1.29, 1.82) is 0 Å². The lowest BCUT2D eigenvalue weighted by Crippen LogP contribution is -2.44. The third-order valence-electron chi connectivity index (χ3n) is 5.27. The van der Waals surface area contributed by atoms with E-state index in [9.17, 15) is 9.18 Å². The van der Waals surface area contributed by atoms with E-state index in [1.807, 2.05) is 11.0 Å². The van der Waals surface area contributed by atoms with Gasteiger partial charge in [-0.15, -0.1) is 11.3 Å². The SMILES string of the molecule is O=C(c1cc2cc(F)ccc2s1)N1CC[C@H]2CCCC[C@@H]2C1. The minimum Gasteiger partial charge on any atom is -0.338 e. The topological polar surface area (TPSA) is 20.3 Å². The third-order valence-corrected chi connectivity index (χ3v) is 6.37. The molecule has 2 atom stereocenters. The summed E-state index contributed by atoms with van der Waals surface area (Å²) in [4.78, 5) is 15.5. The summed E-state index contributed by atoms with van der Waals surface area (Å²) in [5.41, 5.74) is 0. The monoisotopic (exact) mass is 317 g/mol. The Kier molecular flexibility index (Phi) is 3.65. The van der Waals surface area contributed by atoms with Gasteiger partial charge in [0.1, 0.15) is 5.82 Å². The second kappa shape index (κ2) is 5.65. The van der Waals surface area contributed by atoms with Crippen LogP contribution in [0.4, 0.5) is 4.39 Å². The number of piperidine rings is 1. The van der Waals surface area contributed by atoms with Crippen LogP contribution in [0.2, 0.25) is 0 Å². The fraction of sp³-hybridized carbons (Fsp3) is 0.500. The fourth-order valence-electron chi connectivity index (χ4n) is 4.06. The first kappa shape index (κ1) is 14.2. The van der Waals surface area contributed by atoms with Gasteiger partial charge in [-0.2, -0.15) is 0 Å². The quantitative estimate of drug-likeness (QED) is 0.747. The Bertz CT molecular complexity index is 710. The van der Waals surface area contributed by atoms with Gasteiger partial charge in [-0.1, -0.05) is 19.3 Å². The molecule has 1 saturated heterocycles. The van der Waals surface area contributed by atoms with Gasteiger partial charge >= 0.3 is 0 Å². The van der Waals surface area contributed by atoms with Crippen molar-refractivity contribution < 1.29 is 9.18 Å². The molecule has 0 spiro atoms. The van der Waals surface area contributed by atoms with Crippen molar-refractivity contribution in [2.45, 2.75) is 32.1 Å². The molecule has 2 heterocycles. The molecule has 0 N–H and O–H groups in total. The van der Waals surface area contributed by atoms with Gasteiger partial charge in [-0.3, -0.25) is 4.79 Å². The molecule has 22 heavy (non-hydrogen) atoms. The molecule has 1 aliphatic heterocycles. The number of fused-ring (bicyclic) bond motifs is 2. The van der Waals surface area contributed by atoms with E-state index < -0.39 is 0 Å². The molecular formula is C18H20FNOS. The molecule has 116 valence electrons. The number of thiophene rings is 1. The summed E-state index contributed by atoms with van der Waals surface area (Å²) in [6.07, 6.45) is 6.43. The lowest BCUT2D eigenvalue weighted by molar-refractivity contribution is 0.0525. The summed E-state index contributed by atoms with van der Waals surface area (Å²) in [7, 11) is 0. The Labute approximate surface area is 133 Å². The van der Waals surface area contributed by atoms with Crippen LogP contribution in [-0.2, 0) is 0 Å². The molecular weight excluding hydrogens is 297 g/mol. The van der Waals surface area contributed by atoms with Crippen LogP contribution < -0.4 is 0 Å². The zero-order valence-corrected chi connectivity index (χ0v) is 13.4. The van der Waals surface area contributed by atoms with Crippen LogP contribution in [0, 0.1) is 17.7 Å². The van der Waals surface area contributed by atoms with E-state index in [1.54, 1.807) is 6.07 Å². The number of amides is 1. The van der Waals surface area contributed by atoms with E-state index >= 15 is 0 Å². The minimum atomic E-state index is -0.243. The Morgan fingerprint density at radius 3 is 2.82 bits per heavy atom. The number of rotatable bonds is 1. The summed E-state index contributed by atoms with van der Waals surface area (Å²) in [6.45, 7) is 1.79. The van der Waals surface area contributed by atoms with E-state index in [0.717, 1.165) is 40.4 Å². The van der Waals surface area contributed by atoms with Crippen molar-refractivity contribution in [3.05, 3.63) is 35.0 Å². The van der Waals surface area contributed by atoms with Gasteiger partial charge in [0.25, 0.3) is 5.91 Å². The highest BCUT2D eigenvalue weighted by molar-refractivity contribution is 7.20. The third kappa shape index (κ3) is 2.54. The van der Waals surface area contributed by atoms with Crippen LogP contribution in [0.25, 0.3) is 10.1 Å². The van der Waals surface area contributed by atoms with E-state index in [2.05, 4.69) is 0 Å². The molecule has 2 fully saturated rings. The fourth-order valence-corrected chi connectivity index (χ4v) is 5.07. The van der Waals surface area contributed by atoms with E-state index in [4.69, 9.17) is 0 Å². The Morgan fingerprint density at radius 1 is 1.14 bits per heavy atom. The smallest absolute Gasteiger partial charge is 0.263 e. The molecule has 0 radical (unpaired) electrons. The molecule has 0 bridgehead atoms. The van der Waals surface area contributed by atoms with Gasteiger partial charge in [0.15, 0.2) is 0 Å². The number of carbonyl (C=O) groups is 1. The minimum absolute atomic E-state index is 0.130. The second-order valence-corrected chi connectivity index (χ2v) is 7.72. The molecule has 1 saturated carbocycles. The van der Waals surface area contributed by atoms with Crippen LogP contribution in [0.15, 0.2) is 24.3 Å². The van der Waals surface area contributed by atoms with E-state index in [-0.39, 0.29) is 11.7 Å². The molecule has 1 aliphatic carbocycles. The lowest BCUT2D eigenvalue weighted by Gasteiger charge is -2.41. The van der Waals surface area contributed by atoms with Crippen molar-refractivity contribution >= 4 is 27.3 Å². The molecule has 2 aliphatic rings. The van der Waals surface area contributed by atoms with Gasteiger partial charge in [0, 0.05) is 17.8 Å². The van der Waals surface area contributed by atoms with Gasteiger partial charge < -0.3 is 4.90 Å². The highest BCUT2D eigenvalue weighted by Gasteiger charge is 2.33. The van der Waals surface area contributed by atoms with Gasteiger partial charge in [0.05, 0.1) is 4.88 Å². The van der Waals surface area contributed by atoms with E-state index in [0.29, 0.717) is 5.92 Å². The Balaban J connectivity index is 1.55. The summed E-state index contributed by atoms with van der Waals surface area (Å²) in [5.74, 6) is 1.41. The Morgan fingerprint density at radius 2 is 1.95 bits per heavy atom. The number of likely N-dealkylation sites (tertiary alicyclic amines) is 1. The molecule has 2 nitrogen and oxygen atoms in total. The maximum atomic E-state index is 13.3. The van der Waals surface area contributed by atoms with Crippen LogP contribution in [0.1, 0.15) is 41.8 Å². The average molecular weight is 317 g/mol. The first-order chi connectivity index (χ1) is 10.7. The summed E-state index contributed by atoms with van der Waals surface area (Å²) in [6, 6.07) is 6.58. The molecule has 4 rings (SSSR count). The number of halogens is 1. The van der Waals surface area contributed by atoms with Crippen molar-refractivity contribution in [2.24, 2.45) is 11.8 Å². The number of nitrogens with zero attached hydrogens (tertiary/aromatic N) is 1. The second-order valence-electron chi connectivity index (χ2n) is 6.64. The van der Waals surface area contributed by atoms with Gasteiger partial charge in [0.2, 0.25) is 0 Å². The highest BCUT2D eigenvalue weighted by atomic mass is 32.1. The first-order valence-electron chi connectivity index (χ1n) is 8.19. The van der Waals surface area contributed by atoms with Crippen LogP contribution in [0.3, 0.4) is 0 Å². The van der Waals surface area contributed by atoms with Gasteiger partial charge in [-0.05, 0) is 54.3 Å². The zero-order chi connectivity index (χ0) is 15.1. The van der Waals surface area contributed by atoms with Gasteiger partial charge in [-0.25, -0.2) is 4.39 Å². The number of hydrogen-bond donors (Lipinski definition) is 0. The summed E-state index contributed by atoms with van der Waals surface area (Å²) in [5, 5.41) is 0.834. The summed E-state index contributed by atoms with van der Waals surface area (Å²) >= 11 is 1.48. The normalized spacial score (nSPS) is 25.2. The maximum absolute atomic E-state index is 13.3. The molecule has 2 aromatic rings. The van der Waals surface area contributed by atoms with Crippen LogP contribution in [-0.4, -0.2) is 23.9 Å². The molecule has 4 heteroatoms. The average Bonchev–Trinajstić information content (AvgIpc) is 2.96. The highest BCUT2D eigenvalue weighted by Crippen LogP contribution is 2.37. The molecule has 0 unspecified atom stereocenters. The Hall–Kier alpha value is -1.42. The van der Waals surface area contributed by atoms with E-state index in [1.165, 1.54) is 49.2 Å².